The van der Waals surface area contributed by atoms with Crippen molar-refractivity contribution in [2.75, 3.05) is 32.2 Å². The van der Waals surface area contributed by atoms with Gasteiger partial charge in [0.1, 0.15) is 12.2 Å². The lowest BCUT2D eigenvalue weighted by molar-refractivity contribution is -0.136. The minimum absolute atomic E-state index is 0.195. The Morgan fingerprint density at radius 1 is 1.33 bits per heavy atom. The maximum atomic E-state index is 12.1. The number of carbonyl (C=O) groups is 1. The molecule has 0 aromatic carbocycles. The Morgan fingerprint density at radius 2 is 2.10 bits per heavy atom. The van der Waals surface area contributed by atoms with Crippen molar-refractivity contribution in [1.29, 1.82) is 0 Å². The molecule has 1 atom stereocenters. The Labute approximate surface area is 125 Å². The Bertz CT molecular complexity index is 430. The quantitative estimate of drug-likeness (QED) is 0.708. The van der Waals surface area contributed by atoms with E-state index in [4.69, 9.17) is 14.2 Å². The van der Waals surface area contributed by atoms with E-state index in [-0.39, 0.29) is 5.91 Å². The fraction of sp³-hybridized carbons (Fsp3) is 0.600. The number of nitrogens with one attached hydrogen (secondary N) is 1. The fourth-order valence-electron chi connectivity index (χ4n) is 1.55. The molecule has 0 aliphatic rings. The SMILES string of the molecule is CCOCCOc1ccc(NC(=O)C(C)(CC)OC)cn1. The predicted octanol–water partition coefficient (Wildman–Crippen LogP) is 2.25. The second-order valence-corrected chi connectivity index (χ2v) is 4.67. The maximum Gasteiger partial charge on any atom is 0.256 e. The van der Waals surface area contributed by atoms with Crippen LogP contribution in [0.15, 0.2) is 18.3 Å². The van der Waals surface area contributed by atoms with Crippen molar-refractivity contribution in [3.05, 3.63) is 18.3 Å². The molecule has 6 heteroatoms. The van der Waals surface area contributed by atoms with Gasteiger partial charge in [0.2, 0.25) is 5.88 Å². The van der Waals surface area contributed by atoms with Crippen molar-refractivity contribution in [3.8, 4) is 5.88 Å². The average Bonchev–Trinajstić information content (AvgIpc) is 2.52. The van der Waals surface area contributed by atoms with Crippen LogP contribution >= 0.6 is 0 Å². The molecule has 0 radical (unpaired) electrons. The summed E-state index contributed by atoms with van der Waals surface area (Å²) in [6.07, 6.45) is 2.14. The number of nitrogens with zero attached hydrogens (tertiary/aromatic N) is 1. The third kappa shape index (κ3) is 5.32. The monoisotopic (exact) mass is 296 g/mol. The van der Waals surface area contributed by atoms with Gasteiger partial charge in [0.15, 0.2) is 0 Å². The van der Waals surface area contributed by atoms with E-state index >= 15 is 0 Å². The lowest BCUT2D eigenvalue weighted by atomic mass is 10.0. The first kappa shape index (κ1) is 17.4. The minimum Gasteiger partial charge on any atom is -0.475 e. The van der Waals surface area contributed by atoms with Crippen LogP contribution in [0.4, 0.5) is 5.69 Å². The molecule has 6 nitrogen and oxygen atoms in total. The zero-order valence-electron chi connectivity index (χ0n) is 13.1. The van der Waals surface area contributed by atoms with Crippen molar-refractivity contribution in [1.82, 2.24) is 4.98 Å². The summed E-state index contributed by atoms with van der Waals surface area (Å²) in [5, 5.41) is 2.78. The first-order valence-corrected chi connectivity index (χ1v) is 7.09. The van der Waals surface area contributed by atoms with Crippen LogP contribution in [-0.4, -0.2) is 43.4 Å². The van der Waals surface area contributed by atoms with Gasteiger partial charge in [0.25, 0.3) is 5.91 Å². The molecule has 0 aliphatic heterocycles. The van der Waals surface area contributed by atoms with E-state index in [9.17, 15) is 4.79 Å². The summed E-state index contributed by atoms with van der Waals surface area (Å²) in [6, 6.07) is 3.45. The van der Waals surface area contributed by atoms with Crippen LogP contribution in [0.25, 0.3) is 0 Å². The van der Waals surface area contributed by atoms with Crippen LogP contribution in [0, 0.1) is 0 Å². The number of hydrogen-bond acceptors (Lipinski definition) is 5. The molecule has 1 aromatic rings. The molecule has 0 saturated carbocycles. The molecule has 1 amide bonds. The molecule has 1 N–H and O–H groups in total. The standard InChI is InChI=1S/C15H24N2O4/c1-5-15(3,19-4)14(18)17-12-7-8-13(16-11-12)21-10-9-20-6-2/h7-8,11H,5-6,9-10H2,1-4H3,(H,17,18). The summed E-state index contributed by atoms with van der Waals surface area (Å²) in [5.74, 6) is 0.303. The van der Waals surface area contributed by atoms with Gasteiger partial charge < -0.3 is 19.5 Å². The summed E-state index contributed by atoms with van der Waals surface area (Å²) in [4.78, 5) is 16.2. The van der Waals surface area contributed by atoms with E-state index in [1.165, 1.54) is 7.11 Å². The van der Waals surface area contributed by atoms with Gasteiger partial charge in [-0.25, -0.2) is 4.98 Å². The highest BCUT2D eigenvalue weighted by atomic mass is 16.5. The second-order valence-electron chi connectivity index (χ2n) is 4.67. The Hall–Kier alpha value is -1.66. The normalized spacial score (nSPS) is 13.5. The molecule has 0 spiro atoms. The smallest absolute Gasteiger partial charge is 0.256 e. The third-order valence-electron chi connectivity index (χ3n) is 3.28. The van der Waals surface area contributed by atoms with Gasteiger partial charge in [-0.2, -0.15) is 0 Å². The van der Waals surface area contributed by atoms with Crippen molar-refractivity contribution < 1.29 is 19.0 Å². The highest BCUT2D eigenvalue weighted by Gasteiger charge is 2.30. The van der Waals surface area contributed by atoms with Crippen molar-refractivity contribution in [3.63, 3.8) is 0 Å². The minimum atomic E-state index is -0.841. The number of amides is 1. The number of hydrogen-bond donors (Lipinski definition) is 1. The van der Waals surface area contributed by atoms with E-state index in [0.29, 0.717) is 37.8 Å². The molecule has 1 rings (SSSR count). The number of carbonyl (C=O) groups excluding carboxylic acids is 1. The van der Waals surface area contributed by atoms with Crippen LogP contribution in [0.3, 0.4) is 0 Å². The highest BCUT2D eigenvalue weighted by Crippen LogP contribution is 2.18. The van der Waals surface area contributed by atoms with Crippen molar-refractivity contribution >= 4 is 11.6 Å². The van der Waals surface area contributed by atoms with Crippen LogP contribution < -0.4 is 10.1 Å². The lowest BCUT2D eigenvalue weighted by Gasteiger charge is -2.25. The predicted molar refractivity (Wildman–Crippen MR) is 80.6 cm³/mol. The third-order valence-corrected chi connectivity index (χ3v) is 3.28. The van der Waals surface area contributed by atoms with Gasteiger partial charge in [0.05, 0.1) is 18.5 Å². The summed E-state index contributed by atoms with van der Waals surface area (Å²) in [6.45, 7) is 7.22. The Kier molecular flexibility index (Phi) is 7.11. The Morgan fingerprint density at radius 3 is 2.62 bits per heavy atom. The topological polar surface area (TPSA) is 69.7 Å². The van der Waals surface area contributed by atoms with Gasteiger partial charge in [-0.15, -0.1) is 0 Å². The zero-order chi connectivity index (χ0) is 15.7. The first-order valence-electron chi connectivity index (χ1n) is 7.09. The first-order chi connectivity index (χ1) is 10.1. The number of rotatable bonds is 9. The summed E-state index contributed by atoms with van der Waals surface area (Å²) >= 11 is 0. The molecule has 1 heterocycles. The molecule has 0 fully saturated rings. The molecule has 0 saturated heterocycles. The fourth-order valence-corrected chi connectivity index (χ4v) is 1.55. The number of methoxy groups -OCH3 is 1. The van der Waals surface area contributed by atoms with E-state index in [2.05, 4.69) is 10.3 Å². The van der Waals surface area contributed by atoms with Crippen LogP contribution in [-0.2, 0) is 14.3 Å². The second kappa shape index (κ2) is 8.59. The van der Waals surface area contributed by atoms with Gasteiger partial charge in [-0.3, -0.25) is 4.79 Å². The number of anilines is 1. The van der Waals surface area contributed by atoms with Crippen LogP contribution in [0.2, 0.25) is 0 Å². The maximum absolute atomic E-state index is 12.1. The van der Waals surface area contributed by atoms with E-state index in [0.717, 1.165) is 0 Å². The molecule has 21 heavy (non-hydrogen) atoms. The number of aromatic nitrogens is 1. The van der Waals surface area contributed by atoms with Crippen LogP contribution in [0.1, 0.15) is 27.2 Å². The molecular formula is C15H24N2O4. The average molecular weight is 296 g/mol. The summed E-state index contributed by atoms with van der Waals surface area (Å²) in [5.41, 5.74) is -0.235. The largest absolute Gasteiger partial charge is 0.475 e. The lowest BCUT2D eigenvalue weighted by Crippen LogP contribution is -2.41. The van der Waals surface area contributed by atoms with E-state index < -0.39 is 5.60 Å². The molecule has 0 aliphatic carbocycles. The number of ether oxygens (including phenoxy) is 3. The molecule has 1 aromatic heterocycles. The number of pyridine rings is 1. The van der Waals surface area contributed by atoms with E-state index in [1.54, 1.807) is 25.3 Å². The van der Waals surface area contributed by atoms with E-state index in [1.807, 2.05) is 13.8 Å². The van der Waals surface area contributed by atoms with Crippen molar-refractivity contribution in [2.24, 2.45) is 0 Å². The molecule has 1 unspecified atom stereocenters. The van der Waals surface area contributed by atoms with Gasteiger partial charge in [0, 0.05) is 19.8 Å². The molecule has 118 valence electrons. The Balaban J connectivity index is 2.52. The van der Waals surface area contributed by atoms with Crippen molar-refractivity contribution in [2.45, 2.75) is 32.8 Å². The van der Waals surface area contributed by atoms with Crippen LogP contribution in [0.5, 0.6) is 5.88 Å². The van der Waals surface area contributed by atoms with Gasteiger partial charge in [-0.1, -0.05) is 6.92 Å². The highest BCUT2D eigenvalue weighted by molar-refractivity contribution is 5.96. The summed E-state index contributed by atoms with van der Waals surface area (Å²) in [7, 11) is 1.52. The zero-order valence-corrected chi connectivity index (χ0v) is 13.1. The molecule has 0 bridgehead atoms. The summed E-state index contributed by atoms with van der Waals surface area (Å²) < 4.78 is 15.8. The van der Waals surface area contributed by atoms with Gasteiger partial charge >= 0.3 is 0 Å². The van der Waals surface area contributed by atoms with Gasteiger partial charge in [-0.05, 0) is 26.3 Å². The molecular weight excluding hydrogens is 272 g/mol.